The second kappa shape index (κ2) is 6.70. The highest BCUT2D eigenvalue weighted by molar-refractivity contribution is 7.85. The monoisotopic (exact) mass is 415 g/mol. The summed E-state index contributed by atoms with van der Waals surface area (Å²) in [6.07, 6.45) is -0.727. The van der Waals surface area contributed by atoms with Crippen LogP contribution in [0.1, 0.15) is 5.56 Å². The van der Waals surface area contributed by atoms with Gasteiger partial charge in [0.1, 0.15) is 17.2 Å². The van der Waals surface area contributed by atoms with Crippen molar-refractivity contribution in [3.63, 3.8) is 0 Å². The van der Waals surface area contributed by atoms with E-state index in [0.717, 1.165) is 0 Å². The van der Waals surface area contributed by atoms with Crippen molar-refractivity contribution in [3.05, 3.63) is 48.0 Å². The molecule has 11 nitrogen and oxygen atoms in total. The molecule has 0 spiro atoms. The highest BCUT2D eigenvalue weighted by Gasteiger charge is 2.27. The van der Waals surface area contributed by atoms with Crippen molar-refractivity contribution in [2.75, 3.05) is 4.90 Å². The van der Waals surface area contributed by atoms with E-state index in [9.17, 15) is 21.6 Å². The van der Waals surface area contributed by atoms with Crippen molar-refractivity contribution < 1.29 is 34.7 Å². The number of benzene rings is 2. The molecule has 0 aromatic heterocycles. The number of carbonyl (C=O) groups is 1. The van der Waals surface area contributed by atoms with E-state index in [1.165, 1.54) is 47.4 Å². The van der Waals surface area contributed by atoms with Gasteiger partial charge in [-0.2, -0.15) is 27.1 Å². The lowest BCUT2D eigenvalue weighted by Crippen LogP contribution is -2.37. The average Bonchev–Trinajstić information content (AvgIpc) is 2.52. The normalized spacial score (nSPS) is 14.3. The third-order valence-corrected chi connectivity index (χ3v) is 4.21. The maximum Gasteiger partial charge on any atom is 0.420 e. The van der Waals surface area contributed by atoms with E-state index in [0.29, 0.717) is 11.3 Å². The Morgan fingerprint density at radius 2 is 1.44 bits per heavy atom. The van der Waals surface area contributed by atoms with Crippen LogP contribution in [0, 0.1) is 0 Å². The quantitative estimate of drug-likeness (QED) is 0.706. The van der Waals surface area contributed by atoms with Gasteiger partial charge in [0.2, 0.25) is 0 Å². The first-order valence-corrected chi connectivity index (χ1v) is 10.1. The van der Waals surface area contributed by atoms with Gasteiger partial charge in [-0.05, 0) is 36.4 Å². The molecular weight excluding hydrogens is 402 g/mol. The van der Waals surface area contributed by atoms with Gasteiger partial charge in [0, 0.05) is 17.3 Å². The number of nitrogens with zero attached hydrogens (tertiary/aromatic N) is 1. The van der Waals surface area contributed by atoms with Crippen molar-refractivity contribution in [2.24, 2.45) is 10.3 Å². The van der Waals surface area contributed by atoms with Crippen molar-refractivity contribution in [1.29, 1.82) is 0 Å². The molecule has 1 heterocycles. The number of hydrogen-bond donors (Lipinski definition) is 2. The van der Waals surface area contributed by atoms with E-state index < -0.39 is 26.7 Å². The fourth-order valence-electron chi connectivity index (χ4n) is 2.34. The first-order valence-electron chi connectivity index (χ1n) is 7.17. The lowest BCUT2D eigenvalue weighted by Gasteiger charge is -2.28. The van der Waals surface area contributed by atoms with Gasteiger partial charge < -0.3 is 13.1 Å². The summed E-state index contributed by atoms with van der Waals surface area (Å²) in [6.45, 7) is 0.124. The molecule has 13 heteroatoms. The summed E-state index contributed by atoms with van der Waals surface area (Å²) in [6, 6.07) is 9.67. The first-order chi connectivity index (χ1) is 12.5. The van der Waals surface area contributed by atoms with E-state index in [4.69, 9.17) is 15.0 Å². The maximum atomic E-state index is 12.2. The largest absolute Gasteiger partial charge is 0.420 e. The third-order valence-electron chi connectivity index (χ3n) is 3.36. The molecule has 4 N–H and O–H groups in total. The average molecular weight is 415 g/mol. The number of fused-ring (bicyclic) bond motifs is 1. The molecule has 0 aliphatic carbocycles. The topological polar surface area (TPSA) is 168 Å². The fourth-order valence-corrected chi connectivity index (χ4v) is 3.09. The SMILES string of the molecule is NS(=O)(=O)Oc1ccc(N2Cc3ccc(OS(N)(=O)=O)cc3OC2=O)cc1. The van der Waals surface area contributed by atoms with Gasteiger partial charge in [-0.3, -0.25) is 4.90 Å². The van der Waals surface area contributed by atoms with Crippen LogP contribution >= 0.6 is 0 Å². The Labute approximate surface area is 154 Å². The van der Waals surface area contributed by atoms with E-state index in [1.807, 2.05) is 0 Å². The Kier molecular flexibility index (Phi) is 4.69. The third kappa shape index (κ3) is 4.85. The zero-order valence-corrected chi connectivity index (χ0v) is 15.1. The van der Waals surface area contributed by atoms with E-state index in [1.54, 1.807) is 0 Å². The van der Waals surface area contributed by atoms with Crippen molar-refractivity contribution in [3.8, 4) is 17.2 Å². The highest BCUT2D eigenvalue weighted by atomic mass is 32.2. The minimum Gasteiger partial charge on any atom is -0.409 e. The van der Waals surface area contributed by atoms with Crippen LogP contribution < -0.4 is 28.3 Å². The van der Waals surface area contributed by atoms with Crippen LogP contribution in [-0.4, -0.2) is 22.9 Å². The van der Waals surface area contributed by atoms with Crippen LogP contribution in [0.5, 0.6) is 17.2 Å². The smallest absolute Gasteiger partial charge is 0.409 e. The van der Waals surface area contributed by atoms with Gasteiger partial charge in [0.05, 0.1) is 6.54 Å². The molecule has 0 radical (unpaired) electrons. The number of carbonyl (C=O) groups excluding carboxylic acids is 1. The molecule has 0 unspecified atom stereocenters. The number of anilines is 1. The fraction of sp³-hybridized carbons (Fsp3) is 0.0714. The molecule has 0 atom stereocenters. The lowest BCUT2D eigenvalue weighted by atomic mass is 10.1. The Morgan fingerprint density at radius 1 is 0.889 bits per heavy atom. The standard InChI is InChI=1S/C14H13N3O8S2/c15-26(19,20)24-11-5-2-10(3-6-11)17-8-9-1-4-12(25-27(16,21)22)7-13(9)23-14(17)18/h1-7H,8H2,(H2,15,19,20)(H2,16,21,22). The molecule has 2 aromatic carbocycles. The van der Waals surface area contributed by atoms with Crippen molar-refractivity contribution in [2.45, 2.75) is 6.54 Å². The Bertz CT molecular complexity index is 1100. The van der Waals surface area contributed by atoms with Gasteiger partial charge in [0.25, 0.3) is 0 Å². The molecule has 0 fully saturated rings. The number of amides is 1. The molecule has 2 aromatic rings. The molecule has 3 rings (SSSR count). The Balaban J connectivity index is 1.81. The minimum atomic E-state index is -4.20. The summed E-state index contributed by atoms with van der Waals surface area (Å²) in [7, 11) is -8.35. The molecule has 27 heavy (non-hydrogen) atoms. The van der Waals surface area contributed by atoms with Crippen LogP contribution in [-0.2, 0) is 27.2 Å². The van der Waals surface area contributed by atoms with Crippen LogP contribution in [0.2, 0.25) is 0 Å². The number of nitrogens with two attached hydrogens (primary N) is 2. The molecule has 0 saturated carbocycles. The number of hydrogen-bond acceptors (Lipinski definition) is 8. The van der Waals surface area contributed by atoms with Crippen LogP contribution in [0.4, 0.5) is 10.5 Å². The molecule has 1 amide bonds. The van der Waals surface area contributed by atoms with Crippen molar-refractivity contribution >= 4 is 32.4 Å². The minimum absolute atomic E-state index is 0.0168. The predicted octanol–water partition coefficient (Wildman–Crippen LogP) is 0.370. The Hall–Kier alpha value is -2.87. The molecular formula is C14H13N3O8S2. The zero-order valence-electron chi connectivity index (χ0n) is 13.4. The highest BCUT2D eigenvalue weighted by Crippen LogP contribution is 2.33. The summed E-state index contributed by atoms with van der Waals surface area (Å²) in [5.74, 6) is 0.0189. The van der Waals surface area contributed by atoms with Gasteiger partial charge in [-0.15, -0.1) is 0 Å². The van der Waals surface area contributed by atoms with Crippen LogP contribution in [0.15, 0.2) is 42.5 Å². The number of ether oxygens (including phenoxy) is 1. The maximum absolute atomic E-state index is 12.2. The predicted molar refractivity (Wildman–Crippen MR) is 92.6 cm³/mol. The second-order valence-corrected chi connectivity index (χ2v) is 7.67. The van der Waals surface area contributed by atoms with Crippen LogP contribution in [0.25, 0.3) is 0 Å². The van der Waals surface area contributed by atoms with Gasteiger partial charge >= 0.3 is 26.7 Å². The molecule has 1 aliphatic rings. The Morgan fingerprint density at radius 3 is 2.04 bits per heavy atom. The van der Waals surface area contributed by atoms with E-state index in [2.05, 4.69) is 8.37 Å². The summed E-state index contributed by atoms with van der Waals surface area (Å²) >= 11 is 0. The molecule has 144 valence electrons. The van der Waals surface area contributed by atoms with Crippen molar-refractivity contribution in [1.82, 2.24) is 0 Å². The van der Waals surface area contributed by atoms with Gasteiger partial charge in [-0.25, -0.2) is 4.79 Å². The second-order valence-electron chi connectivity index (χ2n) is 5.37. The summed E-state index contributed by atoms with van der Waals surface area (Å²) in [5, 5.41) is 9.58. The number of rotatable bonds is 5. The first kappa shape index (κ1) is 18.9. The van der Waals surface area contributed by atoms with E-state index >= 15 is 0 Å². The van der Waals surface area contributed by atoms with Gasteiger partial charge in [0.15, 0.2) is 0 Å². The lowest BCUT2D eigenvalue weighted by molar-refractivity contribution is 0.203. The summed E-state index contributed by atoms with van der Waals surface area (Å²) in [5.41, 5.74) is 0.999. The van der Waals surface area contributed by atoms with Gasteiger partial charge in [-0.1, -0.05) is 0 Å². The van der Waals surface area contributed by atoms with E-state index in [-0.39, 0.29) is 23.8 Å². The molecule has 0 bridgehead atoms. The molecule has 1 aliphatic heterocycles. The zero-order chi connectivity index (χ0) is 19.8. The summed E-state index contributed by atoms with van der Waals surface area (Å²) in [4.78, 5) is 13.5. The molecule has 0 saturated heterocycles. The summed E-state index contributed by atoms with van der Waals surface area (Å²) < 4.78 is 58.0. The van der Waals surface area contributed by atoms with Crippen LogP contribution in [0.3, 0.4) is 0 Å².